The summed E-state index contributed by atoms with van der Waals surface area (Å²) in [6.45, 7) is 4.45. The van der Waals surface area contributed by atoms with Crippen LogP contribution in [0, 0.1) is 11.3 Å². The Morgan fingerprint density at radius 3 is 2.62 bits per heavy atom. The summed E-state index contributed by atoms with van der Waals surface area (Å²) in [6.07, 6.45) is 0. The minimum Gasteiger partial charge on any atom is -0.384 e. The molecule has 0 atom stereocenters. The second-order valence-corrected chi connectivity index (χ2v) is 11.2. The third-order valence-corrected chi connectivity index (χ3v) is 8.83. The molecule has 2 aliphatic heterocycles. The molecular weight excluding hydrogens is 541 g/mol. The van der Waals surface area contributed by atoms with Crippen LogP contribution >= 0.6 is 23.5 Å². The lowest BCUT2D eigenvalue weighted by Crippen LogP contribution is -2.29. The summed E-state index contributed by atoms with van der Waals surface area (Å²) in [5.74, 6) is -0.0883. The number of ether oxygens (including phenoxy) is 1. The summed E-state index contributed by atoms with van der Waals surface area (Å²) in [7, 11) is 3.67. The number of anilines is 3. The molecule has 0 aromatic heterocycles. The average Bonchev–Trinajstić information content (AvgIpc) is 3.45. The first-order valence-corrected chi connectivity index (χ1v) is 14.6. The lowest BCUT2D eigenvalue weighted by molar-refractivity contribution is -0.122. The number of amidine groups is 1. The highest BCUT2D eigenvalue weighted by Gasteiger charge is 2.39. The molecule has 5 rings (SSSR count). The molecule has 2 N–H and O–H groups in total. The van der Waals surface area contributed by atoms with Crippen LogP contribution in [0.3, 0.4) is 0 Å². The van der Waals surface area contributed by atoms with E-state index in [1.807, 2.05) is 56.4 Å². The van der Waals surface area contributed by atoms with Gasteiger partial charge in [-0.2, -0.15) is 5.26 Å². The Hall–Kier alpha value is -3.91. The second-order valence-electron chi connectivity index (χ2n) is 9.14. The maximum Gasteiger partial charge on any atom is 0.269 e. The van der Waals surface area contributed by atoms with Gasteiger partial charge in [0.05, 0.1) is 46.9 Å². The number of hydrogen-bond donors (Lipinski definition) is 2. The van der Waals surface area contributed by atoms with E-state index in [4.69, 9.17) is 9.73 Å². The van der Waals surface area contributed by atoms with Crippen molar-refractivity contribution in [3.05, 3.63) is 87.8 Å². The van der Waals surface area contributed by atoms with Gasteiger partial charge < -0.3 is 20.3 Å². The normalized spacial score (nSPS) is 17.4. The molecule has 0 bridgehead atoms. The molecule has 1 amide bonds. The smallest absolute Gasteiger partial charge is 0.269 e. The van der Waals surface area contributed by atoms with Gasteiger partial charge in [0.25, 0.3) is 5.91 Å². The van der Waals surface area contributed by atoms with Crippen molar-refractivity contribution in [1.29, 1.82) is 5.26 Å². The Morgan fingerprint density at radius 2 is 1.88 bits per heavy atom. The van der Waals surface area contributed by atoms with E-state index in [-0.39, 0.29) is 5.91 Å². The largest absolute Gasteiger partial charge is 0.384 e. The molecule has 0 spiro atoms. The molecule has 2 aliphatic rings. The Bertz CT molecular complexity index is 1520. The van der Waals surface area contributed by atoms with Crippen molar-refractivity contribution in [3.8, 4) is 6.07 Å². The summed E-state index contributed by atoms with van der Waals surface area (Å²) >= 11 is 2.96. The highest BCUT2D eigenvalue weighted by molar-refractivity contribution is 8.19. The third-order valence-electron chi connectivity index (χ3n) is 6.42. The molecule has 3 aromatic rings. The number of nitriles is 1. The van der Waals surface area contributed by atoms with Crippen LogP contribution in [0.1, 0.15) is 18.1 Å². The fraction of sp³-hybridized carbons (Fsp3) is 0.233. The Kier molecular flexibility index (Phi) is 8.65. The zero-order valence-electron chi connectivity index (χ0n) is 22.6. The fourth-order valence-corrected chi connectivity index (χ4v) is 6.80. The molecule has 40 heavy (non-hydrogen) atoms. The van der Waals surface area contributed by atoms with E-state index in [2.05, 4.69) is 33.7 Å². The van der Waals surface area contributed by atoms with Crippen molar-refractivity contribution in [2.75, 3.05) is 49.4 Å². The molecule has 10 heteroatoms. The predicted molar refractivity (Wildman–Crippen MR) is 165 cm³/mol. The van der Waals surface area contributed by atoms with Gasteiger partial charge in [-0.15, -0.1) is 0 Å². The van der Waals surface area contributed by atoms with Crippen LogP contribution in [0.25, 0.3) is 0 Å². The van der Waals surface area contributed by atoms with Gasteiger partial charge in [0.1, 0.15) is 4.91 Å². The summed E-state index contributed by atoms with van der Waals surface area (Å²) in [5.41, 5.74) is 5.03. The van der Waals surface area contributed by atoms with E-state index in [1.54, 1.807) is 35.9 Å². The SMILES string of the molecule is CCNc1ccc(C#N)cc1N=C1S/C(=C2/Sc3cc(NCCOC)ccc3N2C)C(=O)N1Cc1ccccc1. The standard InChI is InChI=1S/C30H30N6O2S2/c1-4-32-23-12-10-21(18-31)16-24(23)34-30-36(19-20-8-6-5-7-9-20)28(37)27(40-30)29-35(2)25-13-11-22(17-26(25)39-29)33-14-15-38-3/h5-13,16-17,32-33H,4,14-15,19H2,1-3H3/b29-27+,34-30?. The molecule has 204 valence electrons. The van der Waals surface area contributed by atoms with Crippen LogP contribution in [0.4, 0.5) is 22.7 Å². The van der Waals surface area contributed by atoms with Gasteiger partial charge in [0.2, 0.25) is 0 Å². The number of nitrogens with one attached hydrogen (secondary N) is 2. The number of carbonyl (C=O) groups excluding carboxylic acids is 1. The molecule has 2 heterocycles. The number of rotatable bonds is 9. The summed E-state index contributed by atoms with van der Waals surface area (Å²) in [6, 6.07) is 23.7. The number of thioether (sulfide) groups is 2. The number of aliphatic imine (C=N–C) groups is 1. The van der Waals surface area contributed by atoms with Crippen LogP contribution in [-0.2, 0) is 16.1 Å². The lowest BCUT2D eigenvalue weighted by Gasteiger charge is -2.17. The van der Waals surface area contributed by atoms with E-state index in [9.17, 15) is 10.1 Å². The Labute approximate surface area is 243 Å². The Morgan fingerprint density at radius 1 is 1.05 bits per heavy atom. The van der Waals surface area contributed by atoms with Gasteiger partial charge in [0.15, 0.2) is 5.17 Å². The zero-order valence-corrected chi connectivity index (χ0v) is 24.2. The maximum absolute atomic E-state index is 14.0. The van der Waals surface area contributed by atoms with E-state index >= 15 is 0 Å². The molecular formula is C30H30N6O2S2. The first-order valence-electron chi connectivity index (χ1n) is 13.0. The molecule has 0 unspecified atom stereocenters. The number of nitrogens with zero attached hydrogens (tertiary/aromatic N) is 4. The summed E-state index contributed by atoms with van der Waals surface area (Å²) in [5, 5.41) is 17.6. The minimum absolute atomic E-state index is 0.0883. The quantitative estimate of drug-likeness (QED) is 0.231. The fourth-order valence-electron chi connectivity index (χ4n) is 4.42. The van der Waals surface area contributed by atoms with Crippen molar-refractivity contribution in [3.63, 3.8) is 0 Å². The highest BCUT2D eigenvalue weighted by Crippen LogP contribution is 2.51. The molecule has 1 saturated heterocycles. The van der Waals surface area contributed by atoms with Crippen LogP contribution in [-0.4, -0.2) is 49.8 Å². The lowest BCUT2D eigenvalue weighted by atomic mass is 10.2. The van der Waals surface area contributed by atoms with E-state index in [0.717, 1.165) is 32.6 Å². The van der Waals surface area contributed by atoms with Crippen LogP contribution in [0.15, 0.2) is 86.6 Å². The predicted octanol–water partition coefficient (Wildman–Crippen LogP) is 6.22. The first kappa shape index (κ1) is 27.6. The van der Waals surface area contributed by atoms with Crippen molar-refractivity contribution in [2.24, 2.45) is 4.99 Å². The number of carbonyl (C=O) groups is 1. The number of hydrogen-bond acceptors (Lipinski definition) is 9. The van der Waals surface area contributed by atoms with Crippen LogP contribution in [0.5, 0.6) is 0 Å². The first-order chi connectivity index (χ1) is 19.5. The van der Waals surface area contributed by atoms with Gasteiger partial charge >= 0.3 is 0 Å². The highest BCUT2D eigenvalue weighted by atomic mass is 32.2. The van der Waals surface area contributed by atoms with Gasteiger partial charge in [-0.3, -0.25) is 9.69 Å². The number of amides is 1. The van der Waals surface area contributed by atoms with Gasteiger partial charge in [0, 0.05) is 37.8 Å². The second kappa shape index (κ2) is 12.5. The monoisotopic (exact) mass is 570 g/mol. The van der Waals surface area contributed by atoms with Gasteiger partial charge in [-0.1, -0.05) is 42.1 Å². The Balaban J connectivity index is 1.53. The van der Waals surface area contributed by atoms with Crippen molar-refractivity contribution in [2.45, 2.75) is 18.4 Å². The molecule has 0 aliphatic carbocycles. The van der Waals surface area contributed by atoms with Crippen molar-refractivity contribution >= 4 is 57.3 Å². The molecule has 1 fully saturated rings. The van der Waals surface area contributed by atoms with E-state index in [1.165, 1.54) is 11.8 Å². The summed E-state index contributed by atoms with van der Waals surface area (Å²) in [4.78, 5) is 24.5. The number of methoxy groups -OCH3 is 1. The van der Waals surface area contributed by atoms with Crippen molar-refractivity contribution in [1.82, 2.24) is 4.90 Å². The minimum atomic E-state index is -0.0883. The average molecular weight is 571 g/mol. The number of benzene rings is 3. The molecule has 0 saturated carbocycles. The topological polar surface area (TPSA) is 93.0 Å². The van der Waals surface area contributed by atoms with Gasteiger partial charge in [-0.05, 0) is 60.6 Å². The van der Waals surface area contributed by atoms with Crippen LogP contribution < -0.4 is 15.5 Å². The van der Waals surface area contributed by atoms with E-state index in [0.29, 0.717) is 47.6 Å². The molecule has 0 radical (unpaired) electrons. The van der Waals surface area contributed by atoms with Crippen LogP contribution in [0.2, 0.25) is 0 Å². The number of fused-ring (bicyclic) bond motifs is 1. The zero-order chi connectivity index (χ0) is 28.1. The maximum atomic E-state index is 14.0. The van der Waals surface area contributed by atoms with E-state index < -0.39 is 0 Å². The molecule has 3 aromatic carbocycles. The third kappa shape index (κ3) is 5.82. The molecule has 8 nitrogen and oxygen atoms in total. The van der Waals surface area contributed by atoms with Crippen molar-refractivity contribution < 1.29 is 9.53 Å². The van der Waals surface area contributed by atoms with Gasteiger partial charge in [-0.25, -0.2) is 4.99 Å². The summed E-state index contributed by atoms with van der Waals surface area (Å²) < 4.78 is 5.15.